The van der Waals surface area contributed by atoms with Gasteiger partial charge in [-0.15, -0.1) is 0 Å². The minimum Gasteiger partial charge on any atom is -0.228 e. The van der Waals surface area contributed by atoms with Gasteiger partial charge >= 0.3 is 0 Å². The molecule has 0 saturated carbocycles. The summed E-state index contributed by atoms with van der Waals surface area (Å²) in [5.41, 5.74) is 17.4. The van der Waals surface area contributed by atoms with E-state index in [-0.39, 0.29) is 5.41 Å². The monoisotopic (exact) mass is 802 g/mol. The number of hydrogen-bond acceptors (Lipinski definition) is 2. The Labute approximate surface area is 367 Å². The molecule has 2 heteroatoms. The van der Waals surface area contributed by atoms with E-state index in [0.29, 0.717) is 5.82 Å². The van der Waals surface area contributed by atoms with E-state index >= 15 is 0 Å². The summed E-state index contributed by atoms with van der Waals surface area (Å²) in [6.45, 7) is 4.66. The third kappa shape index (κ3) is 6.25. The molecule has 1 heterocycles. The molecular formula is C61H42N2. The highest BCUT2D eigenvalue weighted by molar-refractivity contribution is 6.20. The van der Waals surface area contributed by atoms with Crippen molar-refractivity contribution in [2.75, 3.05) is 0 Å². The second-order valence-electron chi connectivity index (χ2n) is 17.3. The molecule has 1 aliphatic carbocycles. The first-order valence-corrected chi connectivity index (χ1v) is 21.8. The van der Waals surface area contributed by atoms with Crippen LogP contribution in [0.3, 0.4) is 0 Å². The fourth-order valence-electron chi connectivity index (χ4n) is 10.0. The van der Waals surface area contributed by atoms with Gasteiger partial charge in [-0.2, -0.15) is 0 Å². The largest absolute Gasteiger partial charge is 0.228 e. The minimum atomic E-state index is -0.0233. The van der Waals surface area contributed by atoms with Crippen molar-refractivity contribution in [3.8, 4) is 78.4 Å². The van der Waals surface area contributed by atoms with Gasteiger partial charge in [-0.25, -0.2) is 9.97 Å². The summed E-state index contributed by atoms with van der Waals surface area (Å²) in [6, 6.07) is 79.2. The number of hydrogen-bond donors (Lipinski definition) is 0. The molecule has 0 fully saturated rings. The van der Waals surface area contributed by atoms with Crippen LogP contribution in [0.2, 0.25) is 0 Å². The smallest absolute Gasteiger partial charge is 0.160 e. The highest BCUT2D eigenvalue weighted by atomic mass is 14.9. The SMILES string of the molecule is CC1(C)c2ccccc2-c2cc(-c3cccc(-c4cc(-c5ccc(-c6ccc(-c7c8ccccc8cc8c7ccc7ccccc78)cc6)cc5)nc(-c5ccccc5)n4)c3)ccc21. The van der Waals surface area contributed by atoms with Crippen molar-refractivity contribution in [1.82, 2.24) is 9.97 Å². The summed E-state index contributed by atoms with van der Waals surface area (Å²) in [7, 11) is 0. The third-order valence-corrected chi connectivity index (χ3v) is 13.3. The molecule has 0 N–H and O–H groups in total. The maximum absolute atomic E-state index is 5.18. The first kappa shape index (κ1) is 36.9. The molecule has 63 heavy (non-hydrogen) atoms. The van der Waals surface area contributed by atoms with Crippen LogP contribution in [0.4, 0.5) is 0 Å². The van der Waals surface area contributed by atoms with Gasteiger partial charge in [0.1, 0.15) is 0 Å². The van der Waals surface area contributed by atoms with E-state index < -0.39 is 0 Å². The summed E-state index contributed by atoms with van der Waals surface area (Å²) in [6.07, 6.45) is 0. The van der Waals surface area contributed by atoms with Crippen LogP contribution < -0.4 is 0 Å². The lowest BCUT2D eigenvalue weighted by atomic mass is 9.82. The summed E-state index contributed by atoms with van der Waals surface area (Å²) in [4.78, 5) is 10.3. The van der Waals surface area contributed by atoms with Gasteiger partial charge in [-0.05, 0) is 112 Å². The Balaban J connectivity index is 0.892. The topological polar surface area (TPSA) is 25.8 Å². The van der Waals surface area contributed by atoms with Crippen LogP contribution >= 0.6 is 0 Å². The van der Waals surface area contributed by atoms with Gasteiger partial charge in [0.25, 0.3) is 0 Å². The number of nitrogens with zero attached hydrogens (tertiary/aromatic N) is 2. The molecule has 0 amide bonds. The summed E-state index contributed by atoms with van der Waals surface area (Å²) in [5, 5.41) is 7.62. The first-order chi connectivity index (χ1) is 31.0. The molecule has 0 unspecified atom stereocenters. The molecule has 1 aromatic heterocycles. The Kier molecular flexibility index (Phi) is 8.55. The van der Waals surface area contributed by atoms with Crippen LogP contribution in [-0.4, -0.2) is 9.97 Å². The molecule has 0 aliphatic heterocycles. The molecule has 0 radical (unpaired) electrons. The fraction of sp³-hybridized carbons (Fsp3) is 0.0492. The van der Waals surface area contributed by atoms with Gasteiger partial charge in [0.2, 0.25) is 0 Å². The Bertz CT molecular complexity index is 3560. The Hall–Kier alpha value is -7.94. The lowest BCUT2D eigenvalue weighted by molar-refractivity contribution is 0.660. The summed E-state index contributed by atoms with van der Waals surface area (Å²) < 4.78 is 0. The number of fused-ring (bicyclic) bond motifs is 7. The van der Waals surface area contributed by atoms with Gasteiger partial charge in [-0.3, -0.25) is 0 Å². The Morgan fingerprint density at radius 1 is 0.302 bits per heavy atom. The van der Waals surface area contributed by atoms with E-state index in [9.17, 15) is 0 Å². The van der Waals surface area contributed by atoms with Crippen molar-refractivity contribution < 1.29 is 0 Å². The van der Waals surface area contributed by atoms with Crippen LogP contribution in [0, 0.1) is 0 Å². The number of benzene rings is 10. The van der Waals surface area contributed by atoms with Gasteiger partial charge < -0.3 is 0 Å². The van der Waals surface area contributed by atoms with Crippen LogP contribution in [0.1, 0.15) is 25.0 Å². The molecule has 1 aliphatic rings. The predicted molar refractivity (Wildman–Crippen MR) is 265 cm³/mol. The van der Waals surface area contributed by atoms with Crippen molar-refractivity contribution in [2.24, 2.45) is 0 Å². The molecule has 0 saturated heterocycles. The molecule has 0 spiro atoms. The van der Waals surface area contributed by atoms with Crippen molar-refractivity contribution >= 4 is 32.3 Å². The molecule has 12 rings (SSSR count). The zero-order valence-corrected chi connectivity index (χ0v) is 35.2. The zero-order chi connectivity index (χ0) is 42.1. The Morgan fingerprint density at radius 3 is 1.67 bits per heavy atom. The summed E-state index contributed by atoms with van der Waals surface area (Å²) in [5.74, 6) is 0.707. The molecule has 0 atom stereocenters. The van der Waals surface area contributed by atoms with E-state index in [0.717, 1.165) is 39.2 Å². The highest BCUT2D eigenvalue weighted by Gasteiger charge is 2.35. The lowest BCUT2D eigenvalue weighted by Gasteiger charge is -2.21. The van der Waals surface area contributed by atoms with Gasteiger partial charge in [0.05, 0.1) is 11.4 Å². The standard InChI is InChI=1S/C61H42N2/c1-61(2)55-22-11-10-21-51(55)54-36-46(32-34-56(54)61)45-17-12-18-48(35-45)58-38-57(62-60(63-58)44-14-4-3-5-15-44)42-27-23-39(24-28-42)40-25-29-43(30-26-40)59-50-20-9-7-16-47(50)37-53-49-19-8-6-13-41(49)31-33-52(53)59/h3-38H,1-2H3. The van der Waals surface area contributed by atoms with E-state index in [1.165, 1.54) is 76.8 Å². The lowest BCUT2D eigenvalue weighted by Crippen LogP contribution is -2.14. The van der Waals surface area contributed by atoms with Gasteiger partial charge in [0, 0.05) is 22.1 Å². The third-order valence-electron chi connectivity index (χ3n) is 13.3. The van der Waals surface area contributed by atoms with E-state index in [1.807, 2.05) is 18.2 Å². The van der Waals surface area contributed by atoms with E-state index in [1.54, 1.807) is 0 Å². The molecule has 10 aromatic carbocycles. The van der Waals surface area contributed by atoms with Crippen LogP contribution in [0.25, 0.3) is 111 Å². The van der Waals surface area contributed by atoms with Crippen LogP contribution in [0.15, 0.2) is 218 Å². The van der Waals surface area contributed by atoms with Crippen LogP contribution in [0.5, 0.6) is 0 Å². The maximum Gasteiger partial charge on any atom is 0.160 e. The van der Waals surface area contributed by atoms with Crippen molar-refractivity contribution in [1.29, 1.82) is 0 Å². The average Bonchev–Trinajstić information content (AvgIpc) is 3.58. The normalized spacial score (nSPS) is 12.7. The van der Waals surface area contributed by atoms with Crippen molar-refractivity contribution in [2.45, 2.75) is 19.3 Å². The van der Waals surface area contributed by atoms with Crippen molar-refractivity contribution in [3.05, 3.63) is 230 Å². The van der Waals surface area contributed by atoms with Crippen LogP contribution in [-0.2, 0) is 5.41 Å². The minimum absolute atomic E-state index is 0.0233. The second-order valence-corrected chi connectivity index (χ2v) is 17.3. The molecule has 11 aromatic rings. The molecule has 2 nitrogen and oxygen atoms in total. The number of aromatic nitrogens is 2. The average molecular weight is 803 g/mol. The van der Waals surface area contributed by atoms with Crippen molar-refractivity contribution in [3.63, 3.8) is 0 Å². The highest BCUT2D eigenvalue weighted by Crippen LogP contribution is 2.49. The predicted octanol–water partition coefficient (Wildman–Crippen LogP) is 16.2. The number of rotatable bonds is 6. The first-order valence-electron chi connectivity index (χ1n) is 21.8. The molecule has 296 valence electrons. The van der Waals surface area contributed by atoms with E-state index in [4.69, 9.17) is 9.97 Å². The van der Waals surface area contributed by atoms with Gasteiger partial charge in [-0.1, -0.05) is 208 Å². The zero-order valence-electron chi connectivity index (χ0n) is 35.2. The fourth-order valence-corrected chi connectivity index (χ4v) is 10.0. The quantitative estimate of drug-likeness (QED) is 0.124. The summed E-state index contributed by atoms with van der Waals surface area (Å²) >= 11 is 0. The van der Waals surface area contributed by atoms with Gasteiger partial charge in [0.15, 0.2) is 5.82 Å². The molecular weight excluding hydrogens is 761 g/mol. The maximum atomic E-state index is 5.18. The second kappa shape index (κ2) is 14.6. The van der Waals surface area contributed by atoms with E-state index in [2.05, 4.69) is 214 Å². The molecule has 0 bridgehead atoms. The Morgan fingerprint density at radius 2 is 0.873 bits per heavy atom.